The minimum Gasteiger partial charge on any atom is -0.224 e. The summed E-state index contributed by atoms with van der Waals surface area (Å²) in [7, 11) is 1.93. The number of nitrogens with one attached hydrogen (secondary N) is 2. The van der Waals surface area contributed by atoms with Gasteiger partial charge in [0.15, 0.2) is 0 Å². The van der Waals surface area contributed by atoms with Crippen molar-refractivity contribution in [1.29, 1.82) is 0 Å². The first-order valence-electron chi connectivity index (χ1n) is 2.05. The van der Waals surface area contributed by atoms with E-state index >= 15 is 0 Å². The molecule has 0 spiro atoms. The third-order valence-electron chi connectivity index (χ3n) is 0.775. The minimum atomic E-state index is 0.468. The largest absolute Gasteiger partial charge is 0.224 e. The molecule has 3 nitrogen and oxygen atoms in total. The molecule has 6 heavy (non-hydrogen) atoms. The highest BCUT2D eigenvalue weighted by Crippen LogP contribution is 1.85. The SMILES string of the molecule is CC1NN(C)N1. The Bertz CT molecular complexity index is 42.0. The summed E-state index contributed by atoms with van der Waals surface area (Å²) in [6, 6.07) is 0. The van der Waals surface area contributed by atoms with Crippen LogP contribution in [-0.4, -0.2) is 18.3 Å². The van der Waals surface area contributed by atoms with E-state index < -0.39 is 0 Å². The van der Waals surface area contributed by atoms with Crippen LogP contribution in [0.5, 0.6) is 0 Å². The summed E-state index contributed by atoms with van der Waals surface area (Å²) in [5.74, 6) is 0. The summed E-state index contributed by atoms with van der Waals surface area (Å²) in [6.45, 7) is 2.06. The highest BCUT2D eigenvalue weighted by molar-refractivity contribution is 4.57. The Morgan fingerprint density at radius 3 is 2.00 bits per heavy atom. The number of hydrazine groups is 2. The predicted molar refractivity (Wildman–Crippen MR) is 23.5 cm³/mol. The van der Waals surface area contributed by atoms with Gasteiger partial charge in [0.1, 0.15) is 0 Å². The van der Waals surface area contributed by atoms with Crippen molar-refractivity contribution in [3.8, 4) is 0 Å². The first-order valence-corrected chi connectivity index (χ1v) is 2.05. The Labute approximate surface area is 37.3 Å². The van der Waals surface area contributed by atoms with Crippen molar-refractivity contribution >= 4 is 0 Å². The highest BCUT2D eigenvalue weighted by Gasteiger charge is 2.13. The molecular weight excluding hydrogens is 78.1 g/mol. The van der Waals surface area contributed by atoms with E-state index in [1.165, 1.54) is 0 Å². The molecule has 1 aliphatic heterocycles. The molecule has 1 rings (SSSR count). The van der Waals surface area contributed by atoms with Gasteiger partial charge >= 0.3 is 0 Å². The van der Waals surface area contributed by atoms with E-state index in [1.54, 1.807) is 0 Å². The lowest BCUT2D eigenvalue weighted by Crippen LogP contribution is -2.68. The molecule has 0 aromatic heterocycles. The van der Waals surface area contributed by atoms with Crippen LogP contribution in [0.3, 0.4) is 0 Å². The van der Waals surface area contributed by atoms with Crippen molar-refractivity contribution in [3.05, 3.63) is 0 Å². The molecule has 0 atom stereocenters. The lowest BCUT2D eigenvalue weighted by Gasteiger charge is -2.36. The molecule has 0 aromatic carbocycles. The monoisotopic (exact) mass is 87.1 g/mol. The number of hydrogen-bond acceptors (Lipinski definition) is 3. The Kier molecular flexibility index (Phi) is 0.799. The van der Waals surface area contributed by atoms with Gasteiger partial charge in [0, 0.05) is 7.05 Å². The molecule has 0 bridgehead atoms. The van der Waals surface area contributed by atoms with Gasteiger partial charge in [0.25, 0.3) is 0 Å². The molecule has 3 heteroatoms. The Hall–Kier alpha value is -0.120. The van der Waals surface area contributed by atoms with E-state index in [2.05, 4.69) is 17.8 Å². The van der Waals surface area contributed by atoms with Gasteiger partial charge in [-0.1, -0.05) is 0 Å². The van der Waals surface area contributed by atoms with Gasteiger partial charge in [-0.25, -0.2) is 10.9 Å². The van der Waals surface area contributed by atoms with Gasteiger partial charge in [-0.15, -0.1) is 0 Å². The maximum atomic E-state index is 3.03. The topological polar surface area (TPSA) is 27.3 Å². The van der Waals surface area contributed by atoms with E-state index in [4.69, 9.17) is 0 Å². The zero-order valence-corrected chi connectivity index (χ0v) is 4.02. The lowest BCUT2D eigenvalue weighted by molar-refractivity contribution is -0.0151. The second kappa shape index (κ2) is 1.18. The van der Waals surface area contributed by atoms with Gasteiger partial charge in [0.05, 0.1) is 6.17 Å². The van der Waals surface area contributed by atoms with E-state index in [0.717, 1.165) is 0 Å². The molecule has 1 fully saturated rings. The molecule has 0 radical (unpaired) electrons. The normalized spacial score (nSPS) is 27.0. The second-order valence-electron chi connectivity index (χ2n) is 1.54. The van der Waals surface area contributed by atoms with Crippen LogP contribution in [0.25, 0.3) is 0 Å². The van der Waals surface area contributed by atoms with Crippen LogP contribution in [0.4, 0.5) is 0 Å². The zero-order valence-electron chi connectivity index (χ0n) is 4.02. The van der Waals surface area contributed by atoms with E-state index in [-0.39, 0.29) is 0 Å². The van der Waals surface area contributed by atoms with Crippen molar-refractivity contribution in [3.63, 3.8) is 0 Å². The summed E-state index contributed by atoms with van der Waals surface area (Å²) in [5.41, 5.74) is 6.06. The van der Waals surface area contributed by atoms with Gasteiger partial charge in [0.2, 0.25) is 0 Å². The lowest BCUT2D eigenvalue weighted by atomic mass is 10.6. The van der Waals surface area contributed by atoms with Crippen molar-refractivity contribution in [2.75, 3.05) is 7.05 Å². The molecule has 1 saturated heterocycles. The van der Waals surface area contributed by atoms with Gasteiger partial charge < -0.3 is 0 Å². The Morgan fingerprint density at radius 2 is 2.00 bits per heavy atom. The smallest absolute Gasteiger partial charge is 0.0834 e. The number of rotatable bonds is 0. The molecule has 1 aliphatic rings. The molecule has 2 N–H and O–H groups in total. The fourth-order valence-corrected chi connectivity index (χ4v) is 0.581. The molecule has 0 saturated carbocycles. The maximum absolute atomic E-state index is 3.03. The van der Waals surface area contributed by atoms with Crippen LogP contribution in [-0.2, 0) is 0 Å². The molecule has 1 heterocycles. The molecule has 0 aromatic rings. The van der Waals surface area contributed by atoms with Crippen LogP contribution >= 0.6 is 0 Å². The van der Waals surface area contributed by atoms with Gasteiger partial charge in [-0.05, 0) is 6.92 Å². The second-order valence-corrected chi connectivity index (χ2v) is 1.54. The molecule has 36 valence electrons. The summed E-state index contributed by atoms with van der Waals surface area (Å²) in [6.07, 6.45) is 0.468. The summed E-state index contributed by atoms with van der Waals surface area (Å²) >= 11 is 0. The number of nitrogens with zero attached hydrogens (tertiary/aromatic N) is 1. The summed E-state index contributed by atoms with van der Waals surface area (Å²) < 4.78 is 0. The van der Waals surface area contributed by atoms with Crippen LogP contribution in [0.2, 0.25) is 0 Å². The van der Waals surface area contributed by atoms with E-state index in [9.17, 15) is 0 Å². The number of hydrogen-bond donors (Lipinski definition) is 2. The van der Waals surface area contributed by atoms with Crippen LogP contribution in [0.1, 0.15) is 6.92 Å². The predicted octanol–water partition coefficient (Wildman–Crippen LogP) is -0.713. The first kappa shape index (κ1) is 4.05. The fourth-order valence-electron chi connectivity index (χ4n) is 0.581. The van der Waals surface area contributed by atoms with Crippen molar-refractivity contribution in [1.82, 2.24) is 16.0 Å². The highest BCUT2D eigenvalue weighted by atomic mass is 15.8. The van der Waals surface area contributed by atoms with Crippen molar-refractivity contribution in [2.45, 2.75) is 13.1 Å². The van der Waals surface area contributed by atoms with Crippen LogP contribution in [0, 0.1) is 0 Å². The molecule has 0 unspecified atom stereocenters. The van der Waals surface area contributed by atoms with Crippen LogP contribution < -0.4 is 10.9 Å². The van der Waals surface area contributed by atoms with E-state index in [0.29, 0.717) is 6.17 Å². The Morgan fingerprint density at radius 1 is 1.50 bits per heavy atom. The summed E-state index contributed by atoms with van der Waals surface area (Å²) in [4.78, 5) is 0. The average Bonchev–Trinajstić information content (AvgIpc) is 1.33. The Balaban J connectivity index is 2.11. The van der Waals surface area contributed by atoms with Crippen LogP contribution in [0.15, 0.2) is 0 Å². The third kappa shape index (κ3) is 0.518. The fraction of sp³-hybridized carbons (Fsp3) is 1.00. The quantitative estimate of drug-likeness (QED) is 0.408. The summed E-state index contributed by atoms with van der Waals surface area (Å²) in [5, 5.41) is 1.82. The molecular formula is C3H9N3. The standard InChI is InChI=1S/C3H9N3/c1-3-4-6(2)5-3/h3-5H,1-2H3. The maximum Gasteiger partial charge on any atom is 0.0834 e. The van der Waals surface area contributed by atoms with Crippen molar-refractivity contribution in [2.24, 2.45) is 0 Å². The third-order valence-corrected chi connectivity index (χ3v) is 0.775. The molecule has 0 aliphatic carbocycles. The first-order chi connectivity index (χ1) is 2.79. The van der Waals surface area contributed by atoms with Gasteiger partial charge in [-0.2, -0.15) is 5.12 Å². The van der Waals surface area contributed by atoms with Gasteiger partial charge in [-0.3, -0.25) is 0 Å². The minimum absolute atomic E-state index is 0.468. The molecule has 0 amide bonds. The average molecular weight is 87.1 g/mol. The van der Waals surface area contributed by atoms with Crippen molar-refractivity contribution < 1.29 is 0 Å². The van der Waals surface area contributed by atoms with E-state index in [1.807, 2.05) is 12.2 Å². The zero-order chi connectivity index (χ0) is 4.57.